The van der Waals surface area contributed by atoms with E-state index in [4.69, 9.17) is 23.1 Å². The van der Waals surface area contributed by atoms with Gasteiger partial charge in [-0.2, -0.15) is 8.42 Å². The SMILES string of the molecule is Cc1ccc(S(=O)(=O)OC[C@@H](C[C@H](OCc2ccccc2)[C@H](O)COCc2ccccc2)OC2CCCCO2)cc1. The van der Waals surface area contributed by atoms with Crippen LogP contribution in [0.15, 0.2) is 89.8 Å². The lowest BCUT2D eigenvalue weighted by Crippen LogP contribution is -2.40. The Balaban J connectivity index is 1.45. The molecule has 8 nitrogen and oxygen atoms in total. The fourth-order valence-electron chi connectivity index (χ4n) is 4.49. The van der Waals surface area contributed by atoms with Gasteiger partial charge in [-0.25, -0.2) is 0 Å². The van der Waals surface area contributed by atoms with E-state index in [2.05, 4.69) is 0 Å². The van der Waals surface area contributed by atoms with E-state index >= 15 is 0 Å². The van der Waals surface area contributed by atoms with Gasteiger partial charge in [0.2, 0.25) is 0 Å². The van der Waals surface area contributed by atoms with E-state index in [1.54, 1.807) is 12.1 Å². The lowest BCUT2D eigenvalue weighted by Gasteiger charge is -2.31. The molecule has 3 aromatic rings. The third kappa shape index (κ3) is 10.6. The molecule has 1 saturated heterocycles. The average molecular weight is 585 g/mol. The summed E-state index contributed by atoms with van der Waals surface area (Å²) in [5.41, 5.74) is 2.88. The van der Waals surface area contributed by atoms with Gasteiger partial charge in [-0.05, 0) is 49.4 Å². The van der Waals surface area contributed by atoms with Crippen LogP contribution in [-0.4, -0.2) is 57.9 Å². The fraction of sp³-hybridized carbons (Fsp3) is 0.438. The minimum atomic E-state index is -4.02. The number of hydrogen-bond acceptors (Lipinski definition) is 8. The van der Waals surface area contributed by atoms with E-state index in [1.807, 2.05) is 67.6 Å². The second kappa shape index (κ2) is 16.1. The summed E-state index contributed by atoms with van der Waals surface area (Å²) in [4.78, 5) is 0.0713. The monoisotopic (exact) mass is 584 g/mol. The van der Waals surface area contributed by atoms with Gasteiger partial charge in [0, 0.05) is 13.0 Å². The summed E-state index contributed by atoms with van der Waals surface area (Å²) in [6.07, 6.45) is -0.151. The second-order valence-electron chi connectivity index (χ2n) is 10.2. The van der Waals surface area contributed by atoms with Gasteiger partial charge >= 0.3 is 0 Å². The lowest BCUT2D eigenvalue weighted by molar-refractivity contribution is -0.204. The second-order valence-corrected chi connectivity index (χ2v) is 11.9. The van der Waals surface area contributed by atoms with E-state index in [9.17, 15) is 13.5 Å². The van der Waals surface area contributed by atoms with Crippen molar-refractivity contribution in [3.05, 3.63) is 102 Å². The quantitative estimate of drug-likeness (QED) is 0.230. The number of hydrogen-bond donors (Lipinski definition) is 1. The molecule has 4 atom stereocenters. The van der Waals surface area contributed by atoms with E-state index in [-0.39, 0.29) is 31.1 Å². The molecule has 3 aromatic carbocycles. The van der Waals surface area contributed by atoms with Crippen LogP contribution >= 0.6 is 0 Å². The maximum Gasteiger partial charge on any atom is 0.297 e. The average Bonchev–Trinajstić information content (AvgIpc) is 2.99. The number of aliphatic hydroxyl groups is 1. The van der Waals surface area contributed by atoms with Gasteiger partial charge in [0.05, 0.1) is 43.5 Å². The Morgan fingerprint density at radius 1 is 0.878 bits per heavy atom. The molecule has 0 aromatic heterocycles. The van der Waals surface area contributed by atoms with Crippen LogP contribution in [0, 0.1) is 6.92 Å². The normalized spacial score (nSPS) is 18.0. The van der Waals surface area contributed by atoms with Crippen LogP contribution in [0.2, 0.25) is 0 Å². The molecule has 9 heteroatoms. The van der Waals surface area contributed by atoms with Crippen LogP contribution in [-0.2, 0) is 46.5 Å². The highest BCUT2D eigenvalue weighted by molar-refractivity contribution is 7.86. The van der Waals surface area contributed by atoms with Crippen molar-refractivity contribution in [2.75, 3.05) is 19.8 Å². The molecule has 0 bridgehead atoms. The first-order valence-electron chi connectivity index (χ1n) is 14.1. The van der Waals surface area contributed by atoms with Crippen LogP contribution in [0.4, 0.5) is 0 Å². The predicted octanol–water partition coefficient (Wildman–Crippen LogP) is 5.17. The van der Waals surface area contributed by atoms with Crippen LogP contribution in [0.3, 0.4) is 0 Å². The van der Waals surface area contributed by atoms with Crippen molar-refractivity contribution in [3.8, 4) is 0 Å². The summed E-state index contributed by atoms with van der Waals surface area (Å²) in [6, 6.07) is 25.8. The summed E-state index contributed by atoms with van der Waals surface area (Å²) in [5, 5.41) is 11.2. The molecule has 1 unspecified atom stereocenters. The summed E-state index contributed by atoms with van der Waals surface area (Å²) in [6.45, 7) is 2.84. The number of aliphatic hydroxyl groups excluding tert-OH is 1. The summed E-state index contributed by atoms with van der Waals surface area (Å²) in [5.74, 6) is 0. The van der Waals surface area contributed by atoms with E-state index in [1.165, 1.54) is 12.1 Å². The maximum atomic E-state index is 12.9. The number of rotatable bonds is 16. The van der Waals surface area contributed by atoms with Crippen molar-refractivity contribution in [1.29, 1.82) is 0 Å². The van der Waals surface area contributed by atoms with Gasteiger partial charge in [-0.15, -0.1) is 0 Å². The molecule has 0 saturated carbocycles. The Hall–Kier alpha value is -2.63. The van der Waals surface area contributed by atoms with Crippen LogP contribution in [0.25, 0.3) is 0 Å². The molecule has 1 fully saturated rings. The van der Waals surface area contributed by atoms with Crippen molar-refractivity contribution in [2.45, 2.75) is 75.3 Å². The van der Waals surface area contributed by atoms with Crippen LogP contribution in [0.5, 0.6) is 0 Å². The Kier molecular flexibility index (Phi) is 12.3. The molecular weight excluding hydrogens is 544 g/mol. The Morgan fingerprint density at radius 3 is 2.17 bits per heavy atom. The van der Waals surface area contributed by atoms with E-state index in [0.29, 0.717) is 19.6 Å². The maximum absolute atomic E-state index is 12.9. The van der Waals surface area contributed by atoms with Gasteiger partial charge in [0.15, 0.2) is 6.29 Å². The minimum Gasteiger partial charge on any atom is -0.388 e. The summed E-state index contributed by atoms with van der Waals surface area (Å²) in [7, 11) is -4.02. The first kappa shape index (κ1) is 31.3. The van der Waals surface area contributed by atoms with Crippen molar-refractivity contribution in [1.82, 2.24) is 0 Å². The molecule has 1 aliphatic heterocycles. The van der Waals surface area contributed by atoms with Gasteiger partial charge < -0.3 is 24.1 Å². The van der Waals surface area contributed by atoms with E-state index < -0.39 is 34.7 Å². The smallest absolute Gasteiger partial charge is 0.297 e. The standard InChI is InChI=1S/C32H40O8S/c1-25-15-17-29(18-16-25)41(34,35)39-23-28(40-32-14-8-9-19-37-32)20-31(38-22-27-12-6-3-7-13-27)30(33)24-36-21-26-10-4-2-5-11-26/h2-7,10-13,15-18,28,30-33H,8-9,14,19-24H2,1H3/t28-,30-,31+,32?/m1/s1. The molecule has 0 radical (unpaired) electrons. The number of benzene rings is 3. The zero-order valence-corrected chi connectivity index (χ0v) is 24.3. The Labute approximate surface area is 243 Å². The number of ether oxygens (including phenoxy) is 4. The predicted molar refractivity (Wildman–Crippen MR) is 155 cm³/mol. The van der Waals surface area contributed by atoms with Crippen molar-refractivity contribution >= 4 is 10.1 Å². The highest BCUT2D eigenvalue weighted by atomic mass is 32.2. The molecule has 222 valence electrons. The first-order chi connectivity index (χ1) is 19.9. The van der Waals surface area contributed by atoms with Gasteiger partial charge in [0.1, 0.15) is 6.10 Å². The van der Waals surface area contributed by atoms with Crippen molar-refractivity contribution in [2.24, 2.45) is 0 Å². The zero-order valence-electron chi connectivity index (χ0n) is 23.5. The highest BCUT2D eigenvalue weighted by Gasteiger charge is 2.30. The third-order valence-corrected chi connectivity index (χ3v) is 8.13. The summed E-state index contributed by atoms with van der Waals surface area (Å²) >= 11 is 0. The fourth-order valence-corrected chi connectivity index (χ4v) is 5.42. The largest absolute Gasteiger partial charge is 0.388 e. The van der Waals surface area contributed by atoms with Crippen LogP contribution in [0.1, 0.15) is 42.4 Å². The molecule has 41 heavy (non-hydrogen) atoms. The molecule has 0 amide bonds. The van der Waals surface area contributed by atoms with Crippen LogP contribution < -0.4 is 0 Å². The molecule has 1 heterocycles. The van der Waals surface area contributed by atoms with Crippen molar-refractivity contribution < 1.29 is 36.7 Å². The molecule has 1 N–H and O–H groups in total. The van der Waals surface area contributed by atoms with E-state index in [0.717, 1.165) is 29.5 Å². The molecule has 1 aliphatic rings. The lowest BCUT2D eigenvalue weighted by atomic mass is 10.1. The minimum absolute atomic E-state index is 0.0313. The zero-order chi connectivity index (χ0) is 28.9. The molecule has 0 aliphatic carbocycles. The first-order valence-corrected chi connectivity index (χ1v) is 15.5. The Morgan fingerprint density at radius 2 is 1.54 bits per heavy atom. The molecule has 0 spiro atoms. The number of aryl methyl sites for hydroxylation is 1. The van der Waals surface area contributed by atoms with Gasteiger partial charge in [-0.3, -0.25) is 4.18 Å². The highest BCUT2D eigenvalue weighted by Crippen LogP contribution is 2.22. The summed E-state index contributed by atoms with van der Waals surface area (Å²) < 4.78 is 55.3. The van der Waals surface area contributed by atoms with Crippen molar-refractivity contribution in [3.63, 3.8) is 0 Å². The van der Waals surface area contributed by atoms with Gasteiger partial charge in [-0.1, -0.05) is 78.4 Å². The Bertz CT molecular complexity index is 1250. The molecule has 4 rings (SSSR count). The molecular formula is C32H40O8S. The topological polar surface area (TPSA) is 101 Å². The third-order valence-electron chi connectivity index (χ3n) is 6.83. The van der Waals surface area contributed by atoms with Gasteiger partial charge in [0.25, 0.3) is 10.1 Å².